The average molecular weight is 195 g/mol. The first-order valence-electron chi connectivity index (χ1n) is 5.08. The van der Waals surface area contributed by atoms with Crippen molar-refractivity contribution in [1.82, 2.24) is 5.32 Å². The van der Waals surface area contributed by atoms with Gasteiger partial charge in [0.1, 0.15) is 5.82 Å². The van der Waals surface area contributed by atoms with Gasteiger partial charge in [0.15, 0.2) is 0 Å². The number of nitrogens with one attached hydrogen (secondary N) is 1. The first-order valence-corrected chi connectivity index (χ1v) is 5.08. The van der Waals surface area contributed by atoms with Crippen LogP contribution in [0.15, 0.2) is 18.2 Å². The van der Waals surface area contributed by atoms with Crippen LogP contribution in [-0.2, 0) is 6.42 Å². The van der Waals surface area contributed by atoms with Crippen molar-refractivity contribution in [3.05, 3.63) is 35.1 Å². The number of rotatable bonds is 4. The number of halogens is 1. The number of aryl methyl sites for hydroxylation is 1. The molecule has 0 heterocycles. The van der Waals surface area contributed by atoms with Crippen molar-refractivity contribution in [2.45, 2.75) is 33.2 Å². The van der Waals surface area contributed by atoms with E-state index in [2.05, 4.69) is 19.2 Å². The van der Waals surface area contributed by atoms with Gasteiger partial charge < -0.3 is 5.32 Å². The summed E-state index contributed by atoms with van der Waals surface area (Å²) in [6.45, 7) is 7.14. The minimum absolute atomic E-state index is 0.143. The summed E-state index contributed by atoms with van der Waals surface area (Å²) in [5.74, 6) is -0.143. The SMILES string of the molecule is Cc1ccc(F)cc1CCNC(C)C. The molecule has 0 radical (unpaired) electrons. The fourth-order valence-corrected chi connectivity index (χ4v) is 1.40. The average Bonchev–Trinajstić information content (AvgIpc) is 2.10. The predicted octanol–water partition coefficient (Wildman–Crippen LogP) is 2.67. The van der Waals surface area contributed by atoms with E-state index >= 15 is 0 Å². The third-order valence-electron chi connectivity index (χ3n) is 2.26. The summed E-state index contributed by atoms with van der Waals surface area (Å²) in [5, 5.41) is 3.32. The molecule has 0 bridgehead atoms. The van der Waals surface area contributed by atoms with Crippen LogP contribution in [0.5, 0.6) is 0 Å². The highest BCUT2D eigenvalue weighted by molar-refractivity contribution is 5.26. The third-order valence-corrected chi connectivity index (χ3v) is 2.26. The Morgan fingerprint density at radius 3 is 2.71 bits per heavy atom. The second kappa shape index (κ2) is 5.11. The van der Waals surface area contributed by atoms with Crippen LogP contribution in [0.4, 0.5) is 4.39 Å². The summed E-state index contributed by atoms with van der Waals surface area (Å²) in [6.07, 6.45) is 0.891. The lowest BCUT2D eigenvalue weighted by molar-refractivity contribution is 0.586. The van der Waals surface area contributed by atoms with Crippen LogP contribution >= 0.6 is 0 Å². The molecule has 0 aromatic heterocycles. The third kappa shape index (κ3) is 3.46. The molecule has 0 saturated carbocycles. The molecule has 0 aliphatic carbocycles. The molecule has 2 heteroatoms. The smallest absolute Gasteiger partial charge is 0.123 e. The molecule has 0 saturated heterocycles. The van der Waals surface area contributed by atoms with Gasteiger partial charge in [0.25, 0.3) is 0 Å². The highest BCUT2D eigenvalue weighted by Crippen LogP contribution is 2.10. The fourth-order valence-electron chi connectivity index (χ4n) is 1.40. The van der Waals surface area contributed by atoms with Gasteiger partial charge >= 0.3 is 0 Å². The van der Waals surface area contributed by atoms with Crippen LogP contribution in [0, 0.1) is 12.7 Å². The van der Waals surface area contributed by atoms with Crippen LogP contribution in [0.25, 0.3) is 0 Å². The molecule has 0 fully saturated rings. The normalized spacial score (nSPS) is 10.9. The Morgan fingerprint density at radius 2 is 2.07 bits per heavy atom. The monoisotopic (exact) mass is 195 g/mol. The van der Waals surface area contributed by atoms with E-state index in [-0.39, 0.29) is 5.82 Å². The Hall–Kier alpha value is -0.890. The molecule has 1 aromatic carbocycles. The molecule has 0 aliphatic heterocycles. The van der Waals surface area contributed by atoms with Crippen molar-refractivity contribution in [2.75, 3.05) is 6.54 Å². The van der Waals surface area contributed by atoms with Gasteiger partial charge in [-0.2, -0.15) is 0 Å². The molecule has 0 amide bonds. The first kappa shape index (κ1) is 11.2. The van der Waals surface area contributed by atoms with Crippen LogP contribution in [0.3, 0.4) is 0 Å². The molecule has 1 rings (SSSR count). The van der Waals surface area contributed by atoms with E-state index in [0.717, 1.165) is 24.1 Å². The molecule has 1 nitrogen and oxygen atoms in total. The summed E-state index contributed by atoms with van der Waals surface area (Å²) < 4.78 is 12.9. The lowest BCUT2D eigenvalue weighted by atomic mass is 10.1. The van der Waals surface area contributed by atoms with Gasteiger partial charge in [-0.25, -0.2) is 4.39 Å². The van der Waals surface area contributed by atoms with Crippen molar-refractivity contribution in [2.24, 2.45) is 0 Å². The fraction of sp³-hybridized carbons (Fsp3) is 0.500. The zero-order valence-corrected chi connectivity index (χ0v) is 9.10. The maximum Gasteiger partial charge on any atom is 0.123 e. The van der Waals surface area contributed by atoms with Gasteiger partial charge in [-0.05, 0) is 43.1 Å². The highest BCUT2D eigenvalue weighted by atomic mass is 19.1. The predicted molar refractivity (Wildman–Crippen MR) is 58.0 cm³/mol. The van der Waals surface area contributed by atoms with E-state index < -0.39 is 0 Å². The van der Waals surface area contributed by atoms with Gasteiger partial charge in [0.05, 0.1) is 0 Å². The second-order valence-electron chi connectivity index (χ2n) is 3.93. The van der Waals surface area contributed by atoms with Gasteiger partial charge in [-0.1, -0.05) is 19.9 Å². The van der Waals surface area contributed by atoms with Gasteiger partial charge in [-0.15, -0.1) is 0 Å². The summed E-state index contributed by atoms with van der Waals surface area (Å²) >= 11 is 0. The molecule has 0 unspecified atom stereocenters. The molecule has 14 heavy (non-hydrogen) atoms. The van der Waals surface area contributed by atoms with Gasteiger partial charge in [0, 0.05) is 6.04 Å². The molecular weight excluding hydrogens is 177 g/mol. The van der Waals surface area contributed by atoms with Gasteiger partial charge in [-0.3, -0.25) is 0 Å². The molecule has 1 N–H and O–H groups in total. The Labute approximate surface area is 85.3 Å². The van der Waals surface area contributed by atoms with E-state index in [1.807, 2.05) is 13.0 Å². The molecule has 0 atom stereocenters. The quantitative estimate of drug-likeness (QED) is 0.779. The molecule has 78 valence electrons. The second-order valence-corrected chi connectivity index (χ2v) is 3.93. The topological polar surface area (TPSA) is 12.0 Å². The number of hydrogen-bond acceptors (Lipinski definition) is 1. The Bertz CT molecular complexity index is 294. The number of benzene rings is 1. The maximum atomic E-state index is 12.9. The lowest BCUT2D eigenvalue weighted by Crippen LogP contribution is -2.25. The zero-order valence-electron chi connectivity index (χ0n) is 9.10. The van der Waals surface area contributed by atoms with E-state index in [1.165, 1.54) is 6.07 Å². The molecular formula is C12H18FN. The van der Waals surface area contributed by atoms with Crippen molar-refractivity contribution in [1.29, 1.82) is 0 Å². The van der Waals surface area contributed by atoms with E-state index in [0.29, 0.717) is 6.04 Å². The van der Waals surface area contributed by atoms with E-state index in [4.69, 9.17) is 0 Å². The van der Waals surface area contributed by atoms with Crippen molar-refractivity contribution in [3.8, 4) is 0 Å². The molecule has 0 aliphatic rings. The van der Waals surface area contributed by atoms with Crippen LogP contribution < -0.4 is 5.32 Å². The van der Waals surface area contributed by atoms with Crippen LogP contribution in [-0.4, -0.2) is 12.6 Å². The minimum Gasteiger partial charge on any atom is -0.314 e. The van der Waals surface area contributed by atoms with E-state index in [9.17, 15) is 4.39 Å². The summed E-state index contributed by atoms with van der Waals surface area (Å²) in [7, 11) is 0. The summed E-state index contributed by atoms with van der Waals surface area (Å²) in [6, 6.07) is 5.45. The Balaban J connectivity index is 2.53. The summed E-state index contributed by atoms with van der Waals surface area (Å²) in [5.41, 5.74) is 2.26. The molecule has 1 aromatic rings. The Morgan fingerprint density at radius 1 is 1.36 bits per heavy atom. The molecule has 0 spiro atoms. The highest BCUT2D eigenvalue weighted by Gasteiger charge is 2.00. The zero-order chi connectivity index (χ0) is 10.6. The van der Waals surface area contributed by atoms with Crippen LogP contribution in [0.2, 0.25) is 0 Å². The summed E-state index contributed by atoms with van der Waals surface area (Å²) in [4.78, 5) is 0. The van der Waals surface area contributed by atoms with E-state index in [1.54, 1.807) is 6.07 Å². The van der Waals surface area contributed by atoms with Crippen molar-refractivity contribution in [3.63, 3.8) is 0 Å². The first-order chi connectivity index (χ1) is 6.59. The maximum absolute atomic E-state index is 12.9. The minimum atomic E-state index is -0.143. The van der Waals surface area contributed by atoms with Crippen molar-refractivity contribution < 1.29 is 4.39 Å². The largest absolute Gasteiger partial charge is 0.314 e. The Kier molecular flexibility index (Phi) is 4.08. The standard InChI is InChI=1S/C12H18FN/c1-9(2)14-7-6-11-8-12(13)5-4-10(11)3/h4-5,8-9,14H,6-7H2,1-3H3. The van der Waals surface area contributed by atoms with Gasteiger partial charge in [0.2, 0.25) is 0 Å². The lowest BCUT2D eigenvalue weighted by Gasteiger charge is -2.09. The number of hydrogen-bond donors (Lipinski definition) is 1. The van der Waals surface area contributed by atoms with Crippen molar-refractivity contribution >= 4 is 0 Å². The van der Waals surface area contributed by atoms with Crippen LogP contribution in [0.1, 0.15) is 25.0 Å².